The number of hydrogen-bond donors (Lipinski definition) is 0. The van der Waals surface area contributed by atoms with Gasteiger partial charge >= 0.3 is 0 Å². The third-order valence-corrected chi connectivity index (χ3v) is 5.67. The zero-order valence-electron chi connectivity index (χ0n) is 11.5. The lowest BCUT2D eigenvalue weighted by molar-refractivity contribution is -0.280. The molecule has 0 bridgehead atoms. The summed E-state index contributed by atoms with van der Waals surface area (Å²) in [5, 5.41) is 3.92. The lowest BCUT2D eigenvalue weighted by atomic mass is 10.0. The van der Waals surface area contributed by atoms with Gasteiger partial charge in [-0.25, -0.2) is 8.42 Å². The summed E-state index contributed by atoms with van der Waals surface area (Å²) in [7, 11) is -1.76. The molecule has 112 valence electrons. The summed E-state index contributed by atoms with van der Waals surface area (Å²) in [5.41, 5.74) is 0. The fourth-order valence-electron chi connectivity index (χ4n) is 2.65. The van der Waals surface area contributed by atoms with Gasteiger partial charge in [-0.1, -0.05) is 0 Å². The van der Waals surface area contributed by atoms with Crippen LogP contribution in [0.4, 0.5) is 0 Å². The Labute approximate surface area is 118 Å². The summed E-state index contributed by atoms with van der Waals surface area (Å²) in [6.45, 7) is 2.21. The Balaban J connectivity index is 1.71. The molecular weight excluding hydrogens is 282 g/mol. The summed E-state index contributed by atoms with van der Waals surface area (Å²) >= 11 is 0. The van der Waals surface area contributed by atoms with E-state index in [1.165, 1.54) is 21.4 Å². The van der Waals surface area contributed by atoms with Gasteiger partial charge in [-0.3, -0.25) is 4.68 Å². The largest absolute Gasteiger partial charge is 0.350 e. The Bertz CT molecular complexity index is 567. The zero-order valence-corrected chi connectivity index (χ0v) is 12.3. The molecule has 8 heteroatoms. The second-order valence-electron chi connectivity index (χ2n) is 5.21. The van der Waals surface area contributed by atoms with Crippen molar-refractivity contribution in [1.29, 1.82) is 0 Å². The summed E-state index contributed by atoms with van der Waals surface area (Å²) in [6, 6.07) is 0. The molecule has 0 atom stereocenters. The minimum absolute atomic E-state index is 0.237. The van der Waals surface area contributed by atoms with Gasteiger partial charge < -0.3 is 9.47 Å². The number of piperidine rings is 1. The summed E-state index contributed by atoms with van der Waals surface area (Å²) in [5.74, 6) is -0.570. The smallest absolute Gasteiger partial charge is 0.246 e. The highest BCUT2D eigenvalue weighted by atomic mass is 32.2. The van der Waals surface area contributed by atoms with E-state index >= 15 is 0 Å². The molecular formula is C12H19N3O4S. The topological polar surface area (TPSA) is 73.7 Å². The van der Waals surface area contributed by atoms with Gasteiger partial charge in [-0.15, -0.1) is 0 Å². The van der Waals surface area contributed by atoms with Gasteiger partial charge in [0.05, 0.1) is 19.4 Å². The maximum absolute atomic E-state index is 12.5. The number of sulfonamides is 1. The Morgan fingerprint density at radius 3 is 2.45 bits per heavy atom. The van der Waals surface area contributed by atoms with E-state index in [1.807, 2.05) is 0 Å². The van der Waals surface area contributed by atoms with Crippen LogP contribution in [0, 0.1) is 0 Å². The van der Waals surface area contributed by atoms with Crippen LogP contribution in [0.25, 0.3) is 0 Å². The lowest BCUT2D eigenvalue weighted by Gasteiger charge is -2.42. The predicted octanol–water partition coefficient (Wildman–Crippen LogP) is 0.338. The van der Waals surface area contributed by atoms with Gasteiger partial charge in [0.15, 0.2) is 5.79 Å². The van der Waals surface area contributed by atoms with Crippen LogP contribution >= 0.6 is 0 Å². The van der Waals surface area contributed by atoms with Crippen LogP contribution in [0.5, 0.6) is 0 Å². The van der Waals surface area contributed by atoms with Crippen molar-refractivity contribution in [2.24, 2.45) is 7.05 Å². The molecule has 0 unspecified atom stereocenters. The molecule has 3 heterocycles. The SMILES string of the molecule is Cn1cc(S(=O)(=O)N2CCC3(CC2)OCCCO3)cn1. The first-order valence-corrected chi connectivity index (χ1v) is 8.23. The van der Waals surface area contributed by atoms with E-state index in [2.05, 4.69) is 5.10 Å². The van der Waals surface area contributed by atoms with E-state index in [0.717, 1.165) is 6.42 Å². The first kappa shape index (κ1) is 14.0. The normalized spacial score (nSPS) is 24.1. The van der Waals surface area contributed by atoms with Crippen molar-refractivity contribution < 1.29 is 17.9 Å². The van der Waals surface area contributed by atoms with Crippen LogP contribution in [-0.4, -0.2) is 54.6 Å². The molecule has 2 aliphatic heterocycles. The highest BCUT2D eigenvalue weighted by Crippen LogP contribution is 2.32. The average molecular weight is 301 g/mol. The predicted molar refractivity (Wildman–Crippen MR) is 70.5 cm³/mol. The number of hydrogen-bond acceptors (Lipinski definition) is 5. The van der Waals surface area contributed by atoms with Crippen LogP contribution in [0.15, 0.2) is 17.3 Å². The second-order valence-corrected chi connectivity index (χ2v) is 7.15. The second kappa shape index (κ2) is 5.10. The van der Waals surface area contributed by atoms with E-state index in [4.69, 9.17) is 9.47 Å². The van der Waals surface area contributed by atoms with Crippen LogP contribution in [0.2, 0.25) is 0 Å². The van der Waals surface area contributed by atoms with Gasteiger partial charge in [0.1, 0.15) is 4.90 Å². The van der Waals surface area contributed by atoms with Crippen molar-refractivity contribution in [3.63, 3.8) is 0 Å². The van der Waals surface area contributed by atoms with Crippen molar-refractivity contribution in [1.82, 2.24) is 14.1 Å². The molecule has 2 aliphatic rings. The van der Waals surface area contributed by atoms with Crippen LogP contribution in [0.1, 0.15) is 19.3 Å². The molecule has 0 radical (unpaired) electrons. The molecule has 1 aromatic heterocycles. The Hall–Kier alpha value is -0.960. The number of aryl methyl sites for hydroxylation is 1. The van der Waals surface area contributed by atoms with Gasteiger partial charge in [-0.2, -0.15) is 9.40 Å². The first-order valence-electron chi connectivity index (χ1n) is 6.79. The van der Waals surface area contributed by atoms with Gasteiger partial charge in [0, 0.05) is 39.2 Å². The zero-order chi connectivity index (χ0) is 14.2. The Kier molecular flexibility index (Phi) is 3.57. The fraction of sp³-hybridized carbons (Fsp3) is 0.750. The molecule has 0 amide bonds. The molecule has 7 nitrogen and oxygen atoms in total. The number of rotatable bonds is 2. The summed E-state index contributed by atoms with van der Waals surface area (Å²) < 4.78 is 39.3. The number of aromatic nitrogens is 2. The molecule has 2 saturated heterocycles. The van der Waals surface area contributed by atoms with Crippen molar-refractivity contribution in [2.75, 3.05) is 26.3 Å². The molecule has 1 aromatic rings. The average Bonchev–Trinajstić information content (AvgIpc) is 2.88. The molecule has 3 rings (SSSR count). The van der Waals surface area contributed by atoms with E-state index in [1.54, 1.807) is 7.05 Å². The third kappa shape index (κ3) is 2.48. The van der Waals surface area contributed by atoms with Crippen molar-refractivity contribution in [2.45, 2.75) is 29.9 Å². The monoisotopic (exact) mass is 301 g/mol. The standard InChI is InChI=1S/C12H19N3O4S/c1-14-10-11(9-13-14)20(16,17)15-5-3-12(4-6-15)18-7-2-8-19-12/h9-10H,2-8H2,1H3. The summed E-state index contributed by atoms with van der Waals surface area (Å²) in [4.78, 5) is 0.237. The highest BCUT2D eigenvalue weighted by Gasteiger charge is 2.41. The lowest BCUT2D eigenvalue weighted by Crippen LogP contribution is -2.51. The van der Waals surface area contributed by atoms with Crippen molar-refractivity contribution in [3.05, 3.63) is 12.4 Å². The maximum atomic E-state index is 12.5. The minimum Gasteiger partial charge on any atom is -0.350 e. The highest BCUT2D eigenvalue weighted by molar-refractivity contribution is 7.89. The van der Waals surface area contributed by atoms with E-state index in [9.17, 15) is 8.42 Å². The third-order valence-electron chi connectivity index (χ3n) is 3.82. The van der Waals surface area contributed by atoms with Crippen LogP contribution in [0.3, 0.4) is 0 Å². The molecule has 0 aliphatic carbocycles. The molecule has 20 heavy (non-hydrogen) atoms. The molecule has 1 spiro atoms. The van der Waals surface area contributed by atoms with Gasteiger partial charge in [0.25, 0.3) is 0 Å². The van der Waals surface area contributed by atoms with Gasteiger partial charge in [-0.05, 0) is 6.42 Å². The van der Waals surface area contributed by atoms with E-state index < -0.39 is 15.8 Å². The van der Waals surface area contributed by atoms with Gasteiger partial charge in [0.2, 0.25) is 10.0 Å². The molecule has 0 saturated carbocycles. The fourth-order valence-corrected chi connectivity index (χ4v) is 4.08. The number of ether oxygens (including phenoxy) is 2. The van der Waals surface area contributed by atoms with Crippen LogP contribution < -0.4 is 0 Å². The van der Waals surface area contributed by atoms with Crippen molar-refractivity contribution >= 4 is 10.0 Å². The molecule has 0 N–H and O–H groups in total. The quantitative estimate of drug-likeness (QED) is 0.787. The van der Waals surface area contributed by atoms with E-state index in [0.29, 0.717) is 39.1 Å². The van der Waals surface area contributed by atoms with Crippen molar-refractivity contribution in [3.8, 4) is 0 Å². The molecule has 0 aromatic carbocycles. The Morgan fingerprint density at radius 1 is 1.25 bits per heavy atom. The van der Waals surface area contributed by atoms with E-state index in [-0.39, 0.29) is 4.90 Å². The first-order chi connectivity index (χ1) is 9.52. The summed E-state index contributed by atoms with van der Waals surface area (Å²) in [6.07, 6.45) is 4.96. The minimum atomic E-state index is -3.46. The number of nitrogens with zero attached hydrogens (tertiary/aromatic N) is 3. The maximum Gasteiger partial charge on any atom is 0.246 e. The Morgan fingerprint density at radius 2 is 1.90 bits per heavy atom. The van der Waals surface area contributed by atoms with Crippen LogP contribution in [-0.2, 0) is 26.5 Å². The molecule has 2 fully saturated rings.